The number of H-pyrrole nitrogens is 1. The number of quaternary nitrogens is 1. The number of aryl methyl sites for hydroxylation is 2. The molecule has 0 spiro atoms. The molecule has 0 atom stereocenters. The summed E-state index contributed by atoms with van der Waals surface area (Å²) in [7, 11) is 0. The zero-order valence-corrected chi connectivity index (χ0v) is 13.1. The Morgan fingerprint density at radius 2 is 1.95 bits per heavy atom. The number of hydrogen-bond acceptors (Lipinski definition) is 1. The molecule has 3 heteroatoms. The van der Waals surface area contributed by atoms with Gasteiger partial charge >= 0.3 is 0 Å². The molecule has 0 saturated carbocycles. The van der Waals surface area contributed by atoms with E-state index < -0.39 is 0 Å². The monoisotopic (exact) mass is 286 g/mol. The van der Waals surface area contributed by atoms with Crippen LogP contribution in [0.2, 0.25) is 0 Å². The van der Waals surface area contributed by atoms with E-state index >= 15 is 0 Å². The van der Waals surface area contributed by atoms with Crippen LogP contribution in [0.1, 0.15) is 43.0 Å². The molecule has 1 aromatic carbocycles. The number of piperidine rings is 1. The molecule has 1 aromatic heterocycles. The van der Waals surface area contributed by atoms with Crippen molar-refractivity contribution < 1.29 is 15.0 Å². The first kappa shape index (κ1) is 14.3. The lowest BCUT2D eigenvalue weighted by atomic mass is 10.0. The Balaban J connectivity index is 2.00. The van der Waals surface area contributed by atoms with Gasteiger partial charge in [-0.15, -0.1) is 0 Å². The zero-order chi connectivity index (χ0) is 14.8. The Hall–Kier alpha value is -1.61. The Kier molecular flexibility index (Phi) is 4.11. The van der Waals surface area contributed by atoms with Crippen molar-refractivity contribution in [1.82, 2.24) is 0 Å². The van der Waals surface area contributed by atoms with Crippen molar-refractivity contribution >= 4 is 10.9 Å². The third-order valence-electron chi connectivity index (χ3n) is 4.80. The third-order valence-corrected chi connectivity index (χ3v) is 4.80. The largest absolute Gasteiger partial charge is 0.506 e. The van der Waals surface area contributed by atoms with Crippen LogP contribution in [-0.2, 0) is 13.0 Å². The summed E-state index contributed by atoms with van der Waals surface area (Å²) in [6.45, 7) is 7.61. The third kappa shape index (κ3) is 2.88. The number of likely N-dealkylation sites (tertiary alicyclic amines) is 1. The molecule has 0 bridgehead atoms. The van der Waals surface area contributed by atoms with Gasteiger partial charge in [0.1, 0.15) is 17.9 Å². The molecule has 3 N–H and O–H groups in total. The summed E-state index contributed by atoms with van der Waals surface area (Å²) >= 11 is 0. The highest BCUT2D eigenvalue weighted by Gasteiger charge is 2.23. The fourth-order valence-corrected chi connectivity index (χ4v) is 3.43. The number of nitrogens with one attached hydrogen (secondary N) is 2. The Labute approximate surface area is 126 Å². The van der Waals surface area contributed by atoms with E-state index in [-0.39, 0.29) is 0 Å². The summed E-state index contributed by atoms with van der Waals surface area (Å²) in [5.74, 6) is 0.481. The van der Waals surface area contributed by atoms with E-state index in [0.717, 1.165) is 35.1 Å². The van der Waals surface area contributed by atoms with E-state index in [1.807, 2.05) is 0 Å². The minimum atomic E-state index is 0.481. The van der Waals surface area contributed by atoms with Crippen LogP contribution in [0, 0.1) is 6.92 Å². The van der Waals surface area contributed by atoms with Crippen molar-refractivity contribution in [2.24, 2.45) is 0 Å². The standard InChI is InChI=1S/C18H24N2O/c1-3-14-7-8-17-15(11-14)18(21)16(13(2)19-17)12-20-9-5-4-6-10-20/h7-8,11H,3-6,9-10,12H2,1-2H3,(H,19,21)/p+2. The van der Waals surface area contributed by atoms with Crippen LogP contribution in [-0.4, -0.2) is 18.2 Å². The number of pyridine rings is 1. The normalized spacial score (nSPS) is 16.5. The van der Waals surface area contributed by atoms with Crippen molar-refractivity contribution in [3.8, 4) is 5.75 Å². The van der Waals surface area contributed by atoms with Crippen LogP contribution in [0.3, 0.4) is 0 Å². The first-order valence-corrected chi connectivity index (χ1v) is 8.19. The SMILES string of the molecule is CCc1ccc2[nH+]c(C)c(C[NH+]3CCCCC3)c(O)c2c1. The molecule has 1 aliphatic rings. The number of rotatable bonds is 3. The quantitative estimate of drug-likeness (QED) is 0.887. The van der Waals surface area contributed by atoms with E-state index in [1.165, 1.54) is 37.9 Å². The number of aromatic nitrogens is 1. The van der Waals surface area contributed by atoms with Crippen LogP contribution in [0.25, 0.3) is 10.9 Å². The van der Waals surface area contributed by atoms with Crippen LogP contribution in [0.4, 0.5) is 0 Å². The first-order chi connectivity index (χ1) is 10.2. The highest BCUT2D eigenvalue weighted by molar-refractivity contribution is 5.84. The zero-order valence-electron chi connectivity index (χ0n) is 13.1. The van der Waals surface area contributed by atoms with E-state index in [9.17, 15) is 5.11 Å². The molecule has 0 aliphatic carbocycles. The smallest absolute Gasteiger partial charge is 0.214 e. The lowest BCUT2D eigenvalue weighted by molar-refractivity contribution is -0.918. The van der Waals surface area contributed by atoms with Gasteiger partial charge in [0.25, 0.3) is 0 Å². The first-order valence-electron chi connectivity index (χ1n) is 8.19. The molecule has 3 rings (SSSR count). The molecular formula is C18H26N2O+2. The number of aromatic hydroxyl groups is 1. The molecule has 1 fully saturated rings. The van der Waals surface area contributed by atoms with E-state index in [4.69, 9.17) is 0 Å². The molecule has 0 unspecified atom stereocenters. The molecule has 2 aromatic rings. The summed E-state index contributed by atoms with van der Waals surface area (Å²) < 4.78 is 0. The fourth-order valence-electron chi connectivity index (χ4n) is 3.43. The van der Waals surface area contributed by atoms with Gasteiger partial charge in [-0.3, -0.25) is 0 Å². The second-order valence-corrected chi connectivity index (χ2v) is 6.30. The van der Waals surface area contributed by atoms with Crippen molar-refractivity contribution in [1.29, 1.82) is 0 Å². The van der Waals surface area contributed by atoms with Crippen molar-refractivity contribution in [3.05, 3.63) is 35.0 Å². The summed E-state index contributed by atoms with van der Waals surface area (Å²) in [4.78, 5) is 5.06. The van der Waals surface area contributed by atoms with E-state index in [2.05, 4.69) is 37.0 Å². The summed E-state index contributed by atoms with van der Waals surface area (Å²) in [5.41, 5.74) is 4.49. The molecule has 0 amide bonds. The van der Waals surface area contributed by atoms with Crippen LogP contribution in [0.15, 0.2) is 18.2 Å². The number of hydrogen-bond donors (Lipinski definition) is 2. The van der Waals surface area contributed by atoms with Gasteiger partial charge < -0.3 is 10.0 Å². The van der Waals surface area contributed by atoms with Crippen molar-refractivity contribution in [3.63, 3.8) is 0 Å². The van der Waals surface area contributed by atoms with Gasteiger partial charge in [-0.25, -0.2) is 4.98 Å². The van der Waals surface area contributed by atoms with E-state index in [0.29, 0.717) is 5.75 Å². The minimum Gasteiger partial charge on any atom is -0.506 e. The molecule has 0 radical (unpaired) electrons. The molecule has 112 valence electrons. The average molecular weight is 286 g/mol. The molecule has 2 heterocycles. The highest BCUT2D eigenvalue weighted by Crippen LogP contribution is 2.28. The van der Waals surface area contributed by atoms with Gasteiger partial charge in [0, 0.05) is 13.0 Å². The van der Waals surface area contributed by atoms with Crippen LogP contribution < -0.4 is 9.88 Å². The van der Waals surface area contributed by atoms with Gasteiger partial charge in [-0.05, 0) is 37.3 Å². The second-order valence-electron chi connectivity index (χ2n) is 6.30. The number of aromatic amines is 1. The predicted molar refractivity (Wildman–Crippen MR) is 84.5 cm³/mol. The van der Waals surface area contributed by atoms with Gasteiger partial charge in [0.15, 0.2) is 5.69 Å². The lowest BCUT2D eigenvalue weighted by Crippen LogP contribution is -3.11. The van der Waals surface area contributed by atoms with Crippen LogP contribution >= 0.6 is 0 Å². The van der Waals surface area contributed by atoms with Gasteiger partial charge in [0.2, 0.25) is 5.52 Å². The maximum atomic E-state index is 10.7. The fraction of sp³-hybridized carbons (Fsp3) is 0.500. The Morgan fingerprint density at radius 3 is 2.67 bits per heavy atom. The highest BCUT2D eigenvalue weighted by atomic mass is 16.3. The van der Waals surface area contributed by atoms with E-state index in [1.54, 1.807) is 4.90 Å². The maximum absolute atomic E-state index is 10.7. The topological polar surface area (TPSA) is 38.8 Å². The predicted octanol–water partition coefficient (Wildman–Crippen LogP) is 1.80. The number of benzene rings is 1. The molecule has 3 nitrogen and oxygen atoms in total. The lowest BCUT2D eigenvalue weighted by Gasteiger charge is -2.23. The Morgan fingerprint density at radius 1 is 1.19 bits per heavy atom. The molecule has 21 heavy (non-hydrogen) atoms. The minimum absolute atomic E-state index is 0.481. The van der Waals surface area contributed by atoms with Gasteiger partial charge in [-0.1, -0.05) is 13.0 Å². The summed E-state index contributed by atoms with van der Waals surface area (Å²) in [6, 6.07) is 6.33. The van der Waals surface area contributed by atoms with Gasteiger partial charge in [-0.2, -0.15) is 0 Å². The number of fused-ring (bicyclic) bond motifs is 1. The Bertz CT molecular complexity index is 645. The van der Waals surface area contributed by atoms with Crippen molar-refractivity contribution in [2.75, 3.05) is 13.1 Å². The van der Waals surface area contributed by atoms with Crippen molar-refractivity contribution in [2.45, 2.75) is 46.1 Å². The molecule has 1 aliphatic heterocycles. The average Bonchev–Trinajstić information content (AvgIpc) is 2.52. The second kappa shape index (κ2) is 6.02. The maximum Gasteiger partial charge on any atom is 0.214 e. The summed E-state index contributed by atoms with van der Waals surface area (Å²) in [6.07, 6.45) is 4.98. The van der Waals surface area contributed by atoms with Crippen LogP contribution in [0.5, 0.6) is 5.75 Å². The van der Waals surface area contributed by atoms with Gasteiger partial charge in [0.05, 0.1) is 18.5 Å². The summed E-state index contributed by atoms with van der Waals surface area (Å²) in [5, 5.41) is 11.7. The molecular weight excluding hydrogens is 260 g/mol. The molecule has 1 saturated heterocycles.